The average molecular weight is 438 g/mol. The first-order valence-corrected chi connectivity index (χ1v) is 9.55. The Balaban J connectivity index is 1.47. The number of halogens is 2. The highest BCUT2D eigenvalue weighted by molar-refractivity contribution is 6.32. The highest BCUT2D eigenvalue weighted by Gasteiger charge is 2.11. The van der Waals surface area contributed by atoms with Crippen molar-refractivity contribution in [2.45, 2.75) is 6.61 Å². The molecule has 8 heteroatoms. The lowest BCUT2D eigenvalue weighted by Crippen LogP contribution is -1.96. The zero-order valence-electron chi connectivity index (χ0n) is 15.4. The van der Waals surface area contributed by atoms with Crippen LogP contribution in [0.15, 0.2) is 71.3 Å². The second kappa shape index (κ2) is 8.87. The standard InChI is InChI=1S/C22H13Cl2N3O3/c23-16-8-14(12-25)9-18(10-16)29-20-11-17(6-7-19(20)24)28-13-21-26-22(27-30-21)15-4-2-1-3-5-15/h1-11H,13H2. The lowest BCUT2D eigenvalue weighted by atomic mass is 10.2. The Morgan fingerprint density at radius 3 is 2.60 bits per heavy atom. The van der Waals surface area contributed by atoms with Crippen LogP contribution in [0, 0.1) is 11.3 Å². The third-order valence-electron chi connectivity index (χ3n) is 3.99. The Hall–Kier alpha value is -3.53. The minimum atomic E-state index is 0.0800. The monoisotopic (exact) mass is 437 g/mol. The van der Waals surface area contributed by atoms with E-state index in [0.717, 1.165) is 5.56 Å². The molecule has 0 bridgehead atoms. The van der Waals surface area contributed by atoms with E-state index in [0.29, 0.717) is 44.6 Å². The van der Waals surface area contributed by atoms with Gasteiger partial charge in [0, 0.05) is 16.7 Å². The number of nitriles is 1. The maximum atomic E-state index is 9.07. The lowest BCUT2D eigenvalue weighted by molar-refractivity contribution is 0.242. The first-order valence-electron chi connectivity index (χ1n) is 8.79. The van der Waals surface area contributed by atoms with Gasteiger partial charge in [0.15, 0.2) is 6.61 Å². The van der Waals surface area contributed by atoms with E-state index in [4.69, 9.17) is 42.5 Å². The van der Waals surface area contributed by atoms with Crippen molar-refractivity contribution in [2.24, 2.45) is 0 Å². The zero-order chi connectivity index (χ0) is 20.9. The fraction of sp³-hybridized carbons (Fsp3) is 0.0455. The number of hydrogen-bond acceptors (Lipinski definition) is 6. The molecule has 4 aromatic rings. The van der Waals surface area contributed by atoms with Crippen LogP contribution in [0.25, 0.3) is 11.4 Å². The molecule has 1 aromatic heterocycles. The first kappa shape index (κ1) is 19.8. The first-order chi connectivity index (χ1) is 14.6. The molecule has 148 valence electrons. The Morgan fingerprint density at radius 2 is 1.80 bits per heavy atom. The summed E-state index contributed by atoms with van der Waals surface area (Å²) in [7, 11) is 0. The molecular weight excluding hydrogens is 425 g/mol. The molecule has 0 N–H and O–H groups in total. The summed E-state index contributed by atoms with van der Waals surface area (Å²) in [5, 5.41) is 13.8. The SMILES string of the molecule is N#Cc1cc(Cl)cc(Oc2cc(OCc3nc(-c4ccccc4)no3)ccc2Cl)c1. The Kier molecular flexibility index (Phi) is 5.84. The number of benzene rings is 3. The molecule has 0 spiro atoms. The molecule has 0 saturated heterocycles. The summed E-state index contributed by atoms with van der Waals surface area (Å²) >= 11 is 12.2. The van der Waals surface area contributed by atoms with Crippen LogP contribution in [0.5, 0.6) is 17.2 Å². The van der Waals surface area contributed by atoms with E-state index in [-0.39, 0.29) is 6.61 Å². The van der Waals surface area contributed by atoms with Crippen molar-refractivity contribution in [2.75, 3.05) is 0 Å². The van der Waals surface area contributed by atoms with Crippen LogP contribution in [-0.4, -0.2) is 10.1 Å². The largest absolute Gasteiger partial charge is 0.484 e. The number of nitrogens with zero attached hydrogens (tertiary/aromatic N) is 3. The summed E-state index contributed by atoms with van der Waals surface area (Å²) in [4.78, 5) is 4.33. The van der Waals surface area contributed by atoms with Gasteiger partial charge in [-0.1, -0.05) is 58.7 Å². The minimum absolute atomic E-state index is 0.0800. The molecule has 0 amide bonds. The van der Waals surface area contributed by atoms with E-state index in [2.05, 4.69) is 10.1 Å². The molecule has 6 nitrogen and oxygen atoms in total. The van der Waals surface area contributed by atoms with Gasteiger partial charge in [-0.3, -0.25) is 0 Å². The van der Waals surface area contributed by atoms with Crippen LogP contribution >= 0.6 is 23.2 Å². The molecule has 0 aliphatic heterocycles. The molecule has 3 aromatic carbocycles. The van der Waals surface area contributed by atoms with Gasteiger partial charge in [0.05, 0.1) is 16.7 Å². The number of aromatic nitrogens is 2. The normalized spacial score (nSPS) is 10.4. The second-order valence-corrected chi connectivity index (χ2v) is 6.99. The molecule has 0 radical (unpaired) electrons. The van der Waals surface area contributed by atoms with Gasteiger partial charge < -0.3 is 14.0 Å². The van der Waals surface area contributed by atoms with Crippen molar-refractivity contribution in [1.29, 1.82) is 5.26 Å². The summed E-state index contributed by atoms with van der Waals surface area (Å²) in [5.74, 6) is 2.07. The van der Waals surface area contributed by atoms with Crippen molar-refractivity contribution in [3.05, 3.63) is 88.2 Å². The summed E-state index contributed by atoms with van der Waals surface area (Å²) in [6, 6.07) is 21.2. The van der Waals surface area contributed by atoms with Crippen molar-refractivity contribution in [3.63, 3.8) is 0 Å². The molecule has 30 heavy (non-hydrogen) atoms. The van der Waals surface area contributed by atoms with Crippen LogP contribution in [0.2, 0.25) is 10.0 Å². The lowest BCUT2D eigenvalue weighted by Gasteiger charge is -2.10. The molecule has 0 aliphatic rings. The summed E-state index contributed by atoms with van der Waals surface area (Å²) < 4.78 is 16.8. The van der Waals surface area contributed by atoms with Gasteiger partial charge in [0.25, 0.3) is 5.89 Å². The predicted molar refractivity (Wildman–Crippen MR) is 112 cm³/mol. The van der Waals surface area contributed by atoms with E-state index in [1.54, 1.807) is 36.4 Å². The quantitative estimate of drug-likeness (QED) is 0.352. The number of hydrogen-bond donors (Lipinski definition) is 0. The molecule has 0 unspecified atom stereocenters. The summed E-state index contributed by atoms with van der Waals surface area (Å²) in [5.41, 5.74) is 1.24. The van der Waals surface area contributed by atoms with Crippen LogP contribution in [0.3, 0.4) is 0 Å². The summed E-state index contributed by atoms with van der Waals surface area (Å²) in [6.45, 7) is 0.0800. The topological polar surface area (TPSA) is 81.2 Å². The Morgan fingerprint density at radius 1 is 0.967 bits per heavy atom. The van der Waals surface area contributed by atoms with Crippen molar-refractivity contribution < 1.29 is 14.0 Å². The van der Waals surface area contributed by atoms with Gasteiger partial charge >= 0.3 is 0 Å². The van der Waals surface area contributed by atoms with E-state index in [1.165, 1.54) is 0 Å². The minimum Gasteiger partial charge on any atom is -0.484 e. The zero-order valence-corrected chi connectivity index (χ0v) is 16.9. The van der Waals surface area contributed by atoms with Crippen molar-refractivity contribution in [3.8, 4) is 34.7 Å². The molecule has 0 atom stereocenters. The Labute approximate surface area is 182 Å². The third kappa shape index (κ3) is 4.71. The molecule has 0 aliphatic carbocycles. The van der Waals surface area contributed by atoms with Crippen molar-refractivity contribution in [1.82, 2.24) is 10.1 Å². The average Bonchev–Trinajstić information content (AvgIpc) is 3.23. The number of ether oxygens (including phenoxy) is 2. The molecule has 0 fully saturated rings. The molecule has 0 saturated carbocycles. The van der Waals surface area contributed by atoms with Gasteiger partial charge in [-0.25, -0.2) is 0 Å². The summed E-state index contributed by atoms with van der Waals surface area (Å²) in [6.07, 6.45) is 0. The smallest absolute Gasteiger partial charge is 0.264 e. The van der Waals surface area contributed by atoms with E-state index in [1.807, 2.05) is 36.4 Å². The highest BCUT2D eigenvalue weighted by Crippen LogP contribution is 2.34. The van der Waals surface area contributed by atoms with Crippen molar-refractivity contribution >= 4 is 23.2 Å². The van der Waals surface area contributed by atoms with Crippen LogP contribution in [0.4, 0.5) is 0 Å². The Bertz CT molecular complexity index is 1220. The van der Waals surface area contributed by atoms with E-state index < -0.39 is 0 Å². The van der Waals surface area contributed by atoms with E-state index in [9.17, 15) is 0 Å². The van der Waals surface area contributed by atoms with Crippen LogP contribution in [0.1, 0.15) is 11.5 Å². The maximum Gasteiger partial charge on any atom is 0.264 e. The fourth-order valence-electron chi connectivity index (χ4n) is 2.63. The van der Waals surface area contributed by atoms with E-state index >= 15 is 0 Å². The van der Waals surface area contributed by atoms with Gasteiger partial charge in [0.1, 0.15) is 17.2 Å². The molecular formula is C22H13Cl2N3O3. The predicted octanol–water partition coefficient (Wildman–Crippen LogP) is 6.29. The van der Waals surface area contributed by atoms with Gasteiger partial charge in [-0.15, -0.1) is 0 Å². The second-order valence-electron chi connectivity index (χ2n) is 6.15. The van der Waals surface area contributed by atoms with Crippen LogP contribution in [-0.2, 0) is 6.61 Å². The highest BCUT2D eigenvalue weighted by atomic mass is 35.5. The maximum absolute atomic E-state index is 9.07. The fourth-order valence-corrected chi connectivity index (χ4v) is 3.01. The van der Waals surface area contributed by atoms with Gasteiger partial charge in [0.2, 0.25) is 5.82 Å². The molecule has 1 heterocycles. The van der Waals surface area contributed by atoms with Gasteiger partial charge in [-0.2, -0.15) is 10.2 Å². The van der Waals surface area contributed by atoms with Crippen LogP contribution < -0.4 is 9.47 Å². The number of rotatable bonds is 6. The molecule has 4 rings (SSSR count). The van der Waals surface area contributed by atoms with Gasteiger partial charge in [-0.05, 0) is 30.3 Å². The third-order valence-corrected chi connectivity index (χ3v) is 4.52.